The van der Waals surface area contributed by atoms with E-state index in [0.29, 0.717) is 5.91 Å². The lowest BCUT2D eigenvalue weighted by atomic mass is 10.0. The van der Waals surface area contributed by atoms with E-state index in [-0.39, 0.29) is 0 Å². The fraction of sp³-hybridized carbons (Fsp3) is 0.917. The summed E-state index contributed by atoms with van der Waals surface area (Å²) in [5.74, 6) is 1.17. The van der Waals surface area contributed by atoms with Gasteiger partial charge in [-0.25, -0.2) is 0 Å². The number of hydrogen-bond acceptors (Lipinski definition) is 1. The molecule has 1 amide bonds. The van der Waals surface area contributed by atoms with Crippen molar-refractivity contribution >= 4 is 21.8 Å². The SMILES string of the molecule is CCN(CCBr)C(=O)CCC1CCCC1. The topological polar surface area (TPSA) is 20.3 Å². The van der Waals surface area contributed by atoms with Gasteiger partial charge in [0.2, 0.25) is 5.91 Å². The van der Waals surface area contributed by atoms with Gasteiger partial charge in [-0.05, 0) is 19.3 Å². The van der Waals surface area contributed by atoms with E-state index in [4.69, 9.17) is 0 Å². The van der Waals surface area contributed by atoms with Crippen LogP contribution in [0.4, 0.5) is 0 Å². The van der Waals surface area contributed by atoms with E-state index in [1.165, 1.54) is 25.7 Å². The van der Waals surface area contributed by atoms with Crippen LogP contribution in [-0.2, 0) is 4.79 Å². The van der Waals surface area contributed by atoms with Gasteiger partial charge >= 0.3 is 0 Å². The van der Waals surface area contributed by atoms with E-state index in [9.17, 15) is 4.79 Å². The molecule has 15 heavy (non-hydrogen) atoms. The molecule has 88 valence electrons. The van der Waals surface area contributed by atoms with Crippen molar-refractivity contribution in [3.63, 3.8) is 0 Å². The Bertz CT molecular complexity index is 190. The molecule has 0 N–H and O–H groups in total. The first-order valence-electron chi connectivity index (χ1n) is 6.11. The summed E-state index contributed by atoms with van der Waals surface area (Å²) in [4.78, 5) is 13.8. The maximum atomic E-state index is 11.8. The molecule has 1 saturated carbocycles. The molecule has 0 saturated heterocycles. The van der Waals surface area contributed by atoms with Crippen molar-refractivity contribution in [2.75, 3.05) is 18.4 Å². The number of alkyl halides is 1. The molecule has 0 aromatic rings. The molecule has 0 radical (unpaired) electrons. The average Bonchev–Trinajstić information content (AvgIpc) is 2.75. The van der Waals surface area contributed by atoms with E-state index in [0.717, 1.165) is 37.2 Å². The summed E-state index contributed by atoms with van der Waals surface area (Å²) in [6.45, 7) is 3.74. The Balaban J connectivity index is 2.20. The minimum absolute atomic E-state index is 0.337. The zero-order valence-corrected chi connectivity index (χ0v) is 11.3. The van der Waals surface area contributed by atoms with Crippen molar-refractivity contribution in [1.29, 1.82) is 0 Å². The second kappa shape index (κ2) is 7.26. The Hall–Kier alpha value is -0.0500. The van der Waals surface area contributed by atoms with Crippen LogP contribution < -0.4 is 0 Å². The minimum atomic E-state index is 0.337. The fourth-order valence-electron chi connectivity index (χ4n) is 2.35. The highest BCUT2D eigenvalue weighted by Crippen LogP contribution is 2.28. The molecule has 2 nitrogen and oxygen atoms in total. The summed E-state index contributed by atoms with van der Waals surface area (Å²) in [5.41, 5.74) is 0. The lowest BCUT2D eigenvalue weighted by molar-refractivity contribution is -0.131. The first-order valence-corrected chi connectivity index (χ1v) is 7.23. The van der Waals surface area contributed by atoms with E-state index < -0.39 is 0 Å². The third kappa shape index (κ3) is 4.54. The smallest absolute Gasteiger partial charge is 0.222 e. The number of rotatable bonds is 6. The van der Waals surface area contributed by atoms with Crippen LogP contribution in [0.3, 0.4) is 0 Å². The van der Waals surface area contributed by atoms with Crippen LogP contribution in [0.5, 0.6) is 0 Å². The molecule has 1 fully saturated rings. The van der Waals surface area contributed by atoms with Crippen molar-refractivity contribution < 1.29 is 4.79 Å². The predicted octanol–water partition coefficient (Wildman–Crippen LogP) is 3.20. The molecular weight excluding hydrogens is 254 g/mol. The highest BCUT2D eigenvalue weighted by Gasteiger charge is 2.17. The lowest BCUT2D eigenvalue weighted by Crippen LogP contribution is -2.32. The molecule has 0 heterocycles. The molecule has 1 aliphatic carbocycles. The van der Waals surface area contributed by atoms with Crippen LogP contribution in [-0.4, -0.2) is 29.2 Å². The van der Waals surface area contributed by atoms with Crippen molar-refractivity contribution in [3.05, 3.63) is 0 Å². The van der Waals surface area contributed by atoms with Crippen molar-refractivity contribution in [2.24, 2.45) is 5.92 Å². The summed E-state index contributed by atoms with van der Waals surface area (Å²) < 4.78 is 0. The highest BCUT2D eigenvalue weighted by molar-refractivity contribution is 9.09. The van der Waals surface area contributed by atoms with Gasteiger partial charge in [0.25, 0.3) is 0 Å². The van der Waals surface area contributed by atoms with E-state index in [1.54, 1.807) is 0 Å². The summed E-state index contributed by atoms with van der Waals surface area (Å²) in [6.07, 6.45) is 7.30. The number of carbonyl (C=O) groups excluding carboxylic acids is 1. The Labute approximate surface area is 102 Å². The first-order chi connectivity index (χ1) is 7.27. The standard InChI is InChI=1S/C12H22BrNO/c1-2-14(10-9-13)12(15)8-7-11-5-3-4-6-11/h11H,2-10H2,1H3. The quantitative estimate of drug-likeness (QED) is 0.682. The summed E-state index contributed by atoms with van der Waals surface area (Å²) >= 11 is 3.38. The predicted molar refractivity (Wildman–Crippen MR) is 67.2 cm³/mol. The van der Waals surface area contributed by atoms with Crippen LogP contribution >= 0.6 is 15.9 Å². The zero-order chi connectivity index (χ0) is 11.1. The molecule has 1 aliphatic rings. The summed E-state index contributed by atoms with van der Waals surface area (Å²) in [7, 11) is 0. The van der Waals surface area contributed by atoms with Gasteiger partial charge in [-0.2, -0.15) is 0 Å². The first kappa shape index (κ1) is 13.0. The summed E-state index contributed by atoms with van der Waals surface area (Å²) in [6, 6.07) is 0. The van der Waals surface area contributed by atoms with Crippen molar-refractivity contribution in [1.82, 2.24) is 4.90 Å². The van der Waals surface area contributed by atoms with Crippen molar-refractivity contribution in [2.45, 2.75) is 45.4 Å². The molecule has 0 aromatic carbocycles. The van der Waals surface area contributed by atoms with Gasteiger partial charge in [-0.3, -0.25) is 4.79 Å². The lowest BCUT2D eigenvalue weighted by Gasteiger charge is -2.20. The maximum Gasteiger partial charge on any atom is 0.222 e. The van der Waals surface area contributed by atoms with Crippen LogP contribution in [0, 0.1) is 5.92 Å². The fourth-order valence-corrected chi connectivity index (χ4v) is 2.77. The Morgan fingerprint density at radius 2 is 2.07 bits per heavy atom. The van der Waals surface area contributed by atoms with E-state index >= 15 is 0 Å². The monoisotopic (exact) mass is 275 g/mol. The molecule has 0 aromatic heterocycles. The van der Waals surface area contributed by atoms with E-state index in [2.05, 4.69) is 22.9 Å². The van der Waals surface area contributed by atoms with Crippen LogP contribution in [0.15, 0.2) is 0 Å². The van der Waals surface area contributed by atoms with Crippen LogP contribution in [0.1, 0.15) is 45.4 Å². The minimum Gasteiger partial charge on any atom is -0.342 e. The maximum absolute atomic E-state index is 11.8. The van der Waals surface area contributed by atoms with Crippen LogP contribution in [0.25, 0.3) is 0 Å². The van der Waals surface area contributed by atoms with Gasteiger partial charge in [0, 0.05) is 24.8 Å². The van der Waals surface area contributed by atoms with Gasteiger partial charge in [-0.15, -0.1) is 0 Å². The third-order valence-corrected chi connectivity index (χ3v) is 3.68. The number of hydrogen-bond donors (Lipinski definition) is 0. The van der Waals surface area contributed by atoms with Gasteiger partial charge in [0.1, 0.15) is 0 Å². The normalized spacial score (nSPS) is 16.9. The van der Waals surface area contributed by atoms with Gasteiger partial charge in [0.05, 0.1) is 0 Å². The Morgan fingerprint density at radius 1 is 1.40 bits per heavy atom. The molecular formula is C12H22BrNO. The Kier molecular flexibility index (Phi) is 6.30. The number of halogens is 1. The Morgan fingerprint density at radius 3 is 2.60 bits per heavy atom. The summed E-state index contributed by atoms with van der Waals surface area (Å²) in [5, 5.41) is 0.885. The number of nitrogens with zero attached hydrogens (tertiary/aromatic N) is 1. The van der Waals surface area contributed by atoms with Crippen molar-refractivity contribution in [3.8, 4) is 0 Å². The molecule has 0 spiro atoms. The number of carbonyl (C=O) groups is 1. The average molecular weight is 276 g/mol. The zero-order valence-electron chi connectivity index (χ0n) is 9.67. The second-order valence-electron chi connectivity index (χ2n) is 4.35. The molecule has 1 rings (SSSR count). The molecule has 0 unspecified atom stereocenters. The highest BCUT2D eigenvalue weighted by atomic mass is 79.9. The molecule has 0 aliphatic heterocycles. The van der Waals surface area contributed by atoms with Gasteiger partial charge < -0.3 is 4.90 Å². The number of amides is 1. The largest absolute Gasteiger partial charge is 0.342 e. The van der Waals surface area contributed by atoms with Crippen LogP contribution in [0.2, 0.25) is 0 Å². The van der Waals surface area contributed by atoms with Gasteiger partial charge in [-0.1, -0.05) is 41.6 Å². The molecule has 0 atom stereocenters. The second-order valence-corrected chi connectivity index (χ2v) is 5.14. The third-order valence-electron chi connectivity index (χ3n) is 3.33. The van der Waals surface area contributed by atoms with Gasteiger partial charge in [0.15, 0.2) is 0 Å². The van der Waals surface area contributed by atoms with E-state index in [1.807, 2.05) is 4.90 Å². The molecule has 0 bridgehead atoms. The molecule has 3 heteroatoms.